The van der Waals surface area contributed by atoms with E-state index in [1.54, 1.807) is 7.11 Å². The molecule has 1 heterocycles. The molecule has 0 saturated carbocycles. The van der Waals surface area contributed by atoms with Gasteiger partial charge in [0.2, 0.25) is 0 Å². The van der Waals surface area contributed by atoms with Crippen LogP contribution in [0, 0.1) is 0 Å². The molecule has 0 spiro atoms. The third kappa shape index (κ3) is 3.62. The minimum Gasteiger partial charge on any atom is -0.481 e. The van der Waals surface area contributed by atoms with Crippen LogP contribution in [0.4, 0.5) is 0 Å². The lowest BCUT2D eigenvalue weighted by Gasteiger charge is -2.16. The molecule has 0 aliphatic heterocycles. The molecule has 1 atom stereocenters. The molecule has 2 rings (SSSR count). The Kier molecular flexibility index (Phi) is 5.35. The average Bonchev–Trinajstić information content (AvgIpc) is 2.90. The summed E-state index contributed by atoms with van der Waals surface area (Å²) in [7, 11) is 1.62. The molecule has 0 saturated heterocycles. The average molecular weight is 307 g/mol. The number of ether oxygens (including phenoxy) is 1. The van der Waals surface area contributed by atoms with E-state index in [1.807, 2.05) is 41.8 Å². The second-order valence-electron chi connectivity index (χ2n) is 4.29. The number of carboxylic acids is 1. The SMILES string of the molecule is CCn1c(SCC(=O)O)nnc1C(OC)c1ccccc1. The van der Waals surface area contributed by atoms with Crippen LogP contribution in [0.3, 0.4) is 0 Å². The van der Waals surface area contributed by atoms with E-state index in [9.17, 15) is 4.79 Å². The Hall–Kier alpha value is -1.86. The number of carboxylic acid groups (broad SMARTS) is 1. The van der Waals surface area contributed by atoms with Gasteiger partial charge >= 0.3 is 5.97 Å². The number of hydrogen-bond donors (Lipinski definition) is 1. The lowest BCUT2D eigenvalue weighted by Crippen LogP contribution is -2.12. The summed E-state index contributed by atoms with van der Waals surface area (Å²) in [6.45, 7) is 2.62. The molecule has 112 valence electrons. The Morgan fingerprint density at radius 2 is 2.10 bits per heavy atom. The predicted molar refractivity (Wildman–Crippen MR) is 79.3 cm³/mol. The summed E-state index contributed by atoms with van der Waals surface area (Å²) in [4.78, 5) is 10.7. The standard InChI is InChI=1S/C14H17N3O3S/c1-3-17-13(15-16-14(17)21-9-11(18)19)12(20-2)10-7-5-4-6-8-10/h4-8,12H,3,9H2,1-2H3,(H,18,19). The zero-order chi connectivity index (χ0) is 15.2. The first-order chi connectivity index (χ1) is 10.2. The van der Waals surface area contributed by atoms with Gasteiger partial charge in [0.15, 0.2) is 11.0 Å². The highest BCUT2D eigenvalue weighted by molar-refractivity contribution is 7.99. The molecular formula is C14H17N3O3S. The number of rotatable bonds is 7. The summed E-state index contributed by atoms with van der Waals surface area (Å²) in [5.41, 5.74) is 0.983. The van der Waals surface area contributed by atoms with Gasteiger partial charge in [-0.2, -0.15) is 0 Å². The molecule has 1 N–H and O–H groups in total. The highest BCUT2D eigenvalue weighted by Crippen LogP contribution is 2.27. The fourth-order valence-corrected chi connectivity index (χ4v) is 2.77. The van der Waals surface area contributed by atoms with Crippen molar-refractivity contribution >= 4 is 17.7 Å². The minimum atomic E-state index is -0.876. The summed E-state index contributed by atoms with van der Waals surface area (Å²) in [5, 5.41) is 17.6. The van der Waals surface area contributed by atoms with Crippen LogP contribution >= 0.6 is 11.8 Å². The number of hydrogen-bond acceptors (Lipinski definition) is 5. The van der Waals surface area contributed by atoms with Gasteiger partial charge < -0.3 is 14.4 Å². The third-order valence-corrected chi connectivity index (χ3v) is 3.91. The normalized spacial score (nSPS) is 12.3. The molecule has 0 aliphatic rings. The van der Waals surface area contributed by atoms with Gasteiger partial charge in [-0.25, -0.2) is 0 Å². The van der Waals surface area contributed by atoms with Crippen molar-refractivity contribution in [1.82, 2.24) is 14.8 Å². The topological polar surface area (TPSA) is 77.2 Å². The van der Waals surface area contributed by atoms with E-state index in [-0.39, 0.29) is 11.9 Å². The van der Waals surface area contributed by atoms with E-state index >= 15 is 0 Å². The second-order valence-corrected chi connectivity index (χ2v) is 5.24. The number of carbonyl (C=O) groups is 1. The number of nitrogens with zero attached hydrogens (tertiary/aromatic N) is 3. The van der Waals surface area contributed by atoms with Gasteiger partial charge in [-0.1, -0.05) is 42.1 Å². The number of benzene rings is 1. The molecule has 0 radical (unpaired) electrons. The van der Waals surface area contributed by atoms with Gasteiger partial charge in [-0.3, -0.25) is 4.79 Å². The minimum absolute atomic E-state index is 0.0406. The lowest BCUT2D eigenvalue weighted by molar-refractivity contribution is -0.133. The quantitative estimate of drug-likeness (QED) is 0.790. The summed E-state index contributed by atoms with van der Waals surface area (Å²) in [5.74, 6) is -0.237. The van der Waals surface area contributed by atoms with E-state index in [2.05, 4.69) is 10.2 Å². The number of aliphatic carboxylic acids is 1. The van der Waals surface area contributed by atoms with Crippen molar-refractivity contribution in [2.24, 2.45) is 0 Å². The Bertz CT molecular complexity index is 601. The molecule has 1 aromatic heterocycles. The van der Waals surface area contributed by atoms with Gasteiger partial charge in [-0.05, 0) is 12.5 Å². The van der Waals surface area contributed by atoms with Crippen molar-refractivity contribution in [2.75, 3.05) is 12.9 Å². The fourth-order valence-electron chi connectivity index (χ4n) is 2.04. The van der Waals surface area contributed by atoms with Crippen LogP contribution in [-0.4, -0.2) is 38.7 Å². The number of aromatic nitrogens is 3. The first kappa shape index (κ1) is 15.5. The molecule has 7 heteroatoms. The third-order valence-electron chi connectivity index (χ3n) is 2.96. The predicted octanol–water partition coefficient (Wildman–Crippen LogP) is 2.21. The van der Waals surface area contributed by atoms with Gasteiger partial charge in [0.1, 0.15) is 6.10 Å². The smallest absolute Gasteiger partial charge is 0.313 e. The highest BCUT2D eigenvalue weighted by Gasteiger charge is 2.22. The van der Waals surface area contributed by atoms with E-state index in [0.29, 0.717) is 17.5 Å². The summed E-state index contributed by atoms with van der Waals surface area (Å²) < 4.78 is 7.44. The van der Waals surface area contributed by atoms with Crippen LogP contribution in [0.2, 0.25) is 0 Å². The molecule has 2 aromatic rings. The maximum absolute atomic E-state index is 10.7. The Labute approximate surface area is 127 Å². The first-order valence-corrected chi connectivity index (χ1v) is 7.51. The van der Waals surface area contributed by atoms with E-state index < -0.39 is 5.97 Å². The van der Waals surface area contributed by atoms with E-state index in [4.69, 9.17) is 9.84 Å². The Balaban J connectivity index is 2.32. The summed E-state index contributed by atoms with van der Waals surface area (Å²) in [6.07, 6.45) is -0.321. The van der Waals surface area contributed by atoms with Crippen LogP contribution in [-0.2, 0) is 16.1 Å². The highest BCUT2D eigenvalue weighted by atomic mass is 32.2. The number of methoxy groups -OCH3 is 1. The first-order valence-electron chi connectivity index (χ1n) is 6.52. The van der Waals surface area contributed by atoms with Crippen molar-refractivity contribution in [2.45, 2.75) is 24.7 Å². The number of thioether (sulfide) groups is 1. The Morgan fingerprint density at radius 3 is 2.67 bits per heavy atom. The lowest BCUT2D eigenvalue weighted by atomic mass is 10.1. The Morgan fingerprint density at radius 1 is 1.38 bits per heavy atom. The van der Waals surface area contributed by atoms with E-state index in [0.717, 1.165) is 17.3 Å². The van der Waals surface area contributed by atoms with Crippen molar-refractivity contribution in [3.8, 4) is 0 Å². The van der Waals surface area contributed by atoms with Gasteiger partial charge in [0, 0.05) is 13.7 Å². The maximum atomic E-state index is 10.7. The van der Waals surface area contributed by atoms with Crippen molar-refractivity contribution in [3.05, 3.63) is 41.7 Å². The maximum Gasteiger partial charge on any atom is 0.313 e. The zero-order valence-corrected chi connectivity index (χ0v) is 12.7. The molecule has 6 nitrogen and oxygen atoms in total. The molecule has 0 fully saturated rings. The van der Waals surface area contributed by atoms with Gasteiger partial charge in [-0.15, -0.1) is 10.2 Å². The largest absolute Gasteiger partial charge is 0.481 e. The van der Waals surface area contributed by atoms with Gasteiger partial charge in [0.25, 0.3) is 0 Å². The van der Waals surface area contributed by atoms with Crippen molar-refractivity contribution in [3.63, 3.8) is 0 Å². The molecule has 1 aromatic carbocycles. The summed E-state index contributed by atoms with van der Waals surface area (Å²) in [6, 6.07) is 9.75. The second kappa shape index (κ2) is 7.24. The van der Waals surface area contributed by atoms with Crippen LogP contribution in [0.1, 0.15) is 24.4 Å². The van der Waals surface area contributed by atoms with Crippen LogP contribution < -0.4 is 0 Å². The molecule has 1 unspecified atom stereocenters. The molecule has 0 bridgehead atoms. The van der Waals surface area contributed by atoms with Gasteiger partial charge in [0.05, 0.1) is 5.75 Å². The van der Waals surface area contributed by atoms with Crippen molar-refractivity contribution in [1.29, 1.82) is 0 Å². The van der Waals surface area contributed by atoms with Crippen molar-refractivity contribution < 1.29 is 14.6 Å². The molecule has 0 aliphatic carbocycles. The van der Waals surface area contributed by atoms with Crippen LogP contribution in [0.5, 0.6) is 0 Å². The van der Waals surface area contributed by atoms with Crippen LogP contribution in [0.25, 0.3) is 0 Å². The molecule has 21 heavy (non-hydrogen) atoms. The van der Waals surface area contributed by atoms with Crippen LogP contribution in [0.15, 0.2) is 35.5 Å². The molecule has 0 amide bonds. The van der Waals surface area contributed by atoms with E-state index in [1.165, 1.54) is 0 Å². The molecular weight excluding hydrogens is 290 g/mol. The monoisotopic (exact) mass is 307 g/mol. The summed E-state index contributed by atoms with van der Waals surface area (Å²) >= 11 is 1.16. The fraction of sp³-hybridized carbons (Fsp3) is 0.357. The zero-order valence-electron chi connectivity index (χ0n) is 11.9.